The van der Waals surface area contributed by atoms with Crippen molar-refractivity contribution in [3.8, 4) is 0 Å². The van der Waals surface area contributed by atoms with Gasteiger partial charge in [-0.2, -0.15) is 0 Å². The third-order valence-electron chi connectivity index (χ3n) is 4.36. The summed E-state index contributed by atoms with van der Waals surface area (Å²) < 4.78 is 0. The van der Waals surface area contributed by atoms with Crippen molar-refractivity contribution in [3.63, 3.8) is 0 Å². The molecule has 4 heteroatoms. The van der Waals surface area contributed by atoms with E-state index >= 15 is 0 Å². The normalized spacial score (nSPS) is 22.2. The van der Waals surface area contributed by atoms with Crippen LogP contribution in [0.3, 0.4) is 0 Å². The number of carbonyl (C=O) groups is 1. The molecule has 0 aromatic heterocycles. The minimum absolute atomic E-state index is 0.199. The molecule has 1 fully saturated rings. The number of rotatable bonds is 2. The Morgan fingerprint density at radius 3 is 3.15 bits per heavy atom. The Morgan fingerprint density at radius 2 is 2.35 bits per heavy atom. The first-order valence-electron chi connectivity index (χ1n) is 7.27. The second-order valence-electron chi connectivity index (χ2n) is 5.56. The lowest BCUT2D eigenvalue weighted by molar-refractivity contribution is -0.132. The topological polar surface area (TPSA) is 36.7 Å². The third kappa shape index (κ3) is 2.41. The summed E-state index contributed by atoms with van der Waals surface area (Å²) in [5, 5.41) is 3.11. The first-order valence-corrected chi connectivity index (χ1v) is 7.27. The van der Waals surface area contributed by atoms with E-state index in [9.17, 15) is 4.79 Å². The Labute approximate surface area is 119 Å². The lowest BCUT2D eigenvalue weighted by Crippen LogP contribution is -2.49. The van der Waals surface area contributed by atoms with E-state index in [1.807, 2.05) is 17.0 Å². The Morgan fingerprint density at radius 1 is 1.45 bits per heavy atom. The smallest absolute Gasteiger partial charge is 0.236 e. The standard InChI is InChI=1S/C16H19N3O/c1-17-15-7-3-5-13-12(4-2-6-14(13)15)11-19-9-8-18-10-16(19)20/h3,5,7,12,18H,2,4,6,8-11H2. The molecule has 0 radical (unpaired) electrons. The molecule has 1 N–H and O–H groups in total. The molecule has 0 saturated carbocycles. The molecule has 1 heterocycles. The van der Waals surface area contributed by atoms with E-state index in [-0.39, 0.29) is 5.91 Å². The van der Waals surface area contributed by atoms with Crippen LogP contribution in [0.15, 0.2) is 18.2 Å². The maximum atomic E-state index is 11.9. The summed E-state index contributed by atoms with van der Waals surface area (Å²) in [6, 6.07) is 6.02. The van der Waals surface area contributed by atoms with E-state index in [1.54, 1.807) is 0 Å². The van der Waals surface area contributed by atoms with Gasteiger partial charge in [0.05, 0.1) is 13.1 Å². The van der Waals surface area contributed by atoms with E-state index in [2.05, 4.69) is 16.2 Å². The molecular weight excluding hydrogens is 250 g/mol. The van der Waals surface area contributed by atoms with Crippen LogP contribution in [0.1, 0.15) is 29.9 Å². The van der Waals surface area contributed by atoms with Gasteiger partial charge < -0.3 is 10.2 Å². The molecule has 1 atom stereocenters. The monoisotopic (exact) mass is 269 g/mol. The lowest BCUT2D eigenvalue weighted by Gasteiger charge is -2.34. The highest BCUT2D eigenvalue weighted by Gasteiger charge is 2.26. The van der Waals surface area contributed by atoms with Gasteiger partial charge >= 0.3 is 0 Å². The molecule has 1 amide bonds. The zero-order valence-corrected chi connectivity index (χ0v) is 11.6. The highest BCUT2D eigenvalue weighted by atomic mass is 16.2. The maximum absolute atomic E-state index is 11.9. The Hall–Kier alpha value is -1.86. The summed E-state index contributed by atoms with van der Waals surface area (Å²) in [6.45, 7) is 10.2. The largest absolute Gasteiger partial charge is 0.340 e. The first-order chi connectivity index (χ1) is 9.79. The minimum atomic E-state index is 0.199. The average Bonchev–Trinajstić information content (AvgIpc) is 2.49. The van der Waals surface area contributed by atoms with Crippen LogP contribution in [-0.2, 0) is 11.2 Å². The average molecular weight is 269 g/mol. The van der Waals surface area contributed by atoms with E-state index in [4.69, 9.17) is 6.57 Å². The van der Waals surface area contributed by atoms with Crippen LogP contribution in [-0.4, -0.2) is 37.0 Å². The number of nitrogens with zero attached hydrogens (tertiary/aromatic N) is 2. The Bertz CT molecular complexity index is 561. The summed E-state index contributed by atoms with van der Waals surface area (Å²) in [5.41, 5.74) is 3.29. The quantitative estimate of drug-likeness (QED) is 0.835. The van der Waals surface area contributed by atoms with Crippen molar-refractivity contribution in [2.24, 2.45) is 0 Å². The number of benzene rings is 1. The van der Waals surface area contributed by atoms with Gasteiger partial charge in [-0.3, -0.25) is 4.79 Å². The lowest BCUT2D eigenvalue weighted by atomic mass is 9.81. The minimum Gasteiger partial charge on any atom is -0.340 e. The third-order valence-corrected chi connectivity index (χ3v) is 4.36. The molecule has 1 aliphatic carbocycles. The molecule has 20 heavy (non-hydrogen) atoms. The van der Waals surface area contributed by atoms with Gasteiger partial charge in [-0.05, 0) is 24.8 Å². The van der Waals surface area contributed by atoms with Crippen molar-refractivity contribution in [2.45, 2.75) is 25.2 Å². The van der Waals surface area contributed by atoms with Crippen LogP contribution in [0.25, 0.3) is 4.85 Å². The van der Waals surface area contributed by atoms with Gasteiger partial charge in [-0.1, -0.05) is 23.8 Å². The maximum Gasteiger partial charge on any atom is 0.236 e. The fourth-order valence-electron chi connectivity index (χ4n) is 3.33. The number of fused-ring (bicyclic) bond motifs is 1. The summed E-state index contributed by atoms with van der Waals surface area (Å²) >= 11 is 0. The number of hydrogen-bond donors (Lipinski definition) is 1. The van der Waals surface area contributed by atoms with Gasteiger partial charge in [-0.25, -0.2) is 4.85 Å². The molecular formula is C16H19N3O. The number of nitrogens with one attached hydrogen (secondary N) is 1. The number of hydrogen-bond acceptors (Lipinski definition) is 2. The molecule has 3 rings (SSSR count). The highest BCUT2D eigenvalue weighted by Crippen LogP contribution is 2.37. The van der Waals surface area contributed by atoms with Gasteiger partial charge in [-0.15, -0.1) is 0 Å². The number of piperazine rings is 1. The summed E-state index contributed by atoms with van der Waals surface area (Å²) in [5.74, 6) is 0.590. The predicted octanol–water partition coefficient (Wildman–Crippen LogP) is 2.09. The fraction of sp³-hybridized carbons (Fsp3) is 0.500. The van der Waals surface area contributed by atoms with Gasteiger partial charge in [0.25, 0.3) is 0 Å². The SMILES string of the molecule is [C-]#[N+]c1cccc2c1CCCC2CN1CCNCC1=O. The zero-order chi connectivity index (χ0) is 13.9. The van der Waals surface area contributed by atoms with E-state index < -0.39 is 0 Å². The molecule has 0 spiro atoms. The van der Waals surface area contributed by atoms with Crippen molar-refractivity contribution in [2.75, 3.05) is 26.2 Å². The van der Waals surface area contributed by atoms with Crippen molar-refractivity contribution in [1.29, 1.82) is 0 Å². The molecule has 1 aromatic carbocycles. The summed E-state index contributed by atoms with van der Waals surface area (Å²) in [4.78, 5) is 17.5. The number of carbonyl (C=O) groups excluding carboxylic acids is 1. The van der Waals surface area contributed by atoms with Crippen LogP contribution < -0.4 is 5.32 Å². The van der Waals surface area contributed by atoms with Crippen molar-refractivity contribution in [1.82, 2.24) is 10.2 Å². The molecule has 104 valence electrons. The predicted molar refractivity (Wildman–Crippen MR) is 77.8 cm³/mol. The molecule has 4 nitrogen and oxygen atoms in total. The molecule has 1 saturated heterocycles. The van der Waals surface area contributed by atoms with Crippen LogP contribution in [0.4, 0.5) is 5.69 Å². The Kier molecular flexibility index (Phi) is 3.70. The first kappa shape index (κ1) is 13.1. The molecule has 2 aliphatic rings. The van der Waals surface area contributed by atoms with E-state index in [1.165, 1.54) is 11.1 Å². The fourth-order valence-corrected chi connectivity index (χ4v) is 3.33. The molecule has 1 aromatic rings. The zero-order valence-electron chi connectivity index (χ0n) is 11.6. The van der Waals surface area contributed by atoms with Gasteiger partial charge in [0, 0.05) is 25.6 Å². The van der Waals surface area contributed by atoms with E-state index in [0.717, 1.165) is 44.6 Å². The van der Waals surface area contributed by atoms with Crippen LogP contribution >= 0.6 is 0 Å². The van der Waals surface area contributed by atoms with Gasteiger partial charge in [0.1, 0.15) is 0 Å². The van der Waals surface area contributed by atoms with Crippen LogP contribution in [0.2, 0.25) is 0 Å². The van der Waals surface area contributed by atoms with Gasteiger partial charge in [0.2, 0.25) is 5.91 Å². The summed E-state index contributed by atoms with van der Waals surface area (Å²) in [7, 11) is 0. The Balaban J connectivity index is 1.83. The van der Waals surface area contributed by atoms with Gasteiger partial charge in [0.15, 0.2) is 5.69 Å². The molecule has 1 unspecified atom stereocenters. The second kappa shape index (κ2) is 5.64. The second-order valence-corrected chi connectivity index (χ2v) is 5.56. The molecule has 1 aliphatic heterocycles. The highest BCUT2D eigenvalue weighted by molar-refractivity contribution is 5.79. The molecule has 0 bridgehead atoms. The van der Waals surface area contributed by atoms with E-state index in [0.29, 0.717) is 12.5 Å². The van der Waals surface area contributed by atoms with Crippen LogP contribution in [0.5, 0.6) is 0 Å². The number of amides is 1. The van der Waals surface area contributed by atoms with Crippen molar-refractivity contribution < 1.29 is 4.79 Å². The summed E-state index contributed by atoms with van der Waals surface area (Å²) in [6.07, 6.45) is 3.23. The van der Waals surface area contributed by atoms with Crippen molar-refractivity contribution in [3.05, 3.63) is 40.7 Å². The van der Waals surface area contributed by atoms with Crippen LogP contribution in [0, 0.1) is 6.57 Å². The van der Waals surface area contributed by atoms with Crippen molar-refractivity contribution >= 4 is 11.6 Å².